The van der Waals surface area contributed by atoms with Gasteiger partial charge in [0.05, 0.1) is 0 Å². The second-order valence-electron chi connectivity index (χ2n) is 4.90. The topological polar surface area (TPSA) is 38.0 Å². The molecule has 0 spiro atoms. The first-order valence-electron chi connectivity index (χ1n) is 6.33. The molecule has 18 heavy (non-hydrogen) atoms. The maximum absolute atomic E-state index is 5.99. The zero-order valence-electron chi connectivity index (χ0n) is 11.1. The first kappa shape index (κ1) is 17.6. The van der Waals surface area contributed by atoms with Crippen molar-refractivity contribution in [1.29, 1.82) is 0 Å². The van der Waals surface area contributed by atoms with Crippen molar-refractivity contribution >= 4 is 30.5 Å². The van der Waals surface area contributed by atoms with E-state index in [9.17, 15) is 0 Å². The summed E-state index contributed by atoms with van der Waals surface area (Å²) >= 11 is 0. The van der Waals surface area contributed by atoms with E-state index in [4.69, 9.17) is 5.73 Å². The second-order valence-corrected chi connectivity index (χ2v) is 4.90. The molecule has 1 aromatic rings. The van der Waals surface area contributed by atoms with E-state index in [1.807, 2.05) is 6.07 Å². The van der Waals surface area contributed by atoms with Gasteiger partial charge >= 0.3 is 0 Å². The summed E-state index contributed by atoms with van der Waals surface area (Å²) in [4.78, 5) is 0. The Morgan fingerprint density at radius 3 is 2.78 bits per heavy atom. The van der Waals surface area contributed by atoms with Crippen LogP contribution < -0.4 is 11.1 Å². The van der Waals surface area contributed by atoms with E-state index in [1.54, 1.807) is 0 Å². The van der Waals surface area contributed by atoms with Crippen LogP contribution in [0.1, 0.15) is 37.8 Å². The summed E-state index contributed by atoms with van der Waals surface area (Å²) in [5.41, 5.74) is 9.78. The SMILES string of the molecule is CCC(C)NC1CCc2c(N)cccc2C1.Cl.Cl. The summed E-state index contributed by atoms with van der Waals surface area (Å²) in [7, 11) is 0. The van der Waals surface area contributed by atoms with Crippen LogP contribution in [0.25, 0.3) is 0 Å². The molecule has 1 aliphatic carbocycles. The molecule has 0 amide bonds. The van der Waals surface area contributed by atoms with Gasteiger partial charge < -0.3 is 11.1 Å². The molecule has 2 rings (SSSR count). The van der Waals surface area contributed by atoms with Crippen LogP contribution in [0.3, 0.4) is 0 Å². The molecule has 2 atom stereocenters. The number of hydrogen-bond acceptors (Lipinski definition) is 2. The third-order valence-electron chi connectivity index (χ3n) is 3.65. The Kier molecular flexibility index (Phi) is 7.69. The molecule has 1 aliphatic rings. The molecule has 0 saturated carbocycles. The van der Waals surface area contributed by atoms with Gasteiger partial charge in [0.15, 0.2) is 0 Å². The summed E-state index contributed by atoms with van der Waals surface area (Å²) in [5.74, 6) is 0. The van der Waals surface area contributed by atoms with Crippen LogP contribution in [0.15, 0.2) is 18.2 Å². The number of hydrogen-bond donors (Lipinski definition) is 2. The van der Waals surface area contributed by atoms with Crippen LogP contribution in [0.5, 0.6) is 0 Å². The highest BCUT2D eigenvalue weighted by atomic mass is 35.5. The van der Waals surface area contributed by atoms with Crippen LogP contribution in [0.2, 0.25) is 0 Å². The minimum atomic E-state index is 0. The Labute approximate surface area is 123 Å². The third kappa shape index (κ3) is 4.04. The average molecular weight is 291 g/mol. The smallest absolute Gasteiger partial charge is 0.0349 e. The van der Waals surface area contributed by atoms with E-state index in [2.05, 4.69) is 31.3 Å². The molecule has 3 N–H and O–H groups in total. The molecule has 104 valence electrons. The number of halogens is 2. The van der Waals surface area contributed by atoms with E-state index in [0.717, 1.165) is 18.5 Å². The van der Waals surface area contributed by atoms with Gasteiger partial charge in [-0.05, 0) is 49.8 Å². The predicted molar refractivity (Wildman–Crippen MR) is 84.1 cm³/mol. The van der Waals surface area contributed by atoms with Crippen LogP contribution in [-0.2, 0) is 12.8 Å². The Morgan fingerprint density at radius 1 is 1.39 bits per heavy atom. The lowest BCUT2D eigenvalue weighted by molar-refractivity contribution is 0.401. The lowest BCUT2D eigenvalue weighted by atomic mass is 9.87. The van der Waals surface area contributed by atoms with Crippen molar-refractivity contribution in [2.24, 2.45) is 0 Å². The summed E-state index contributed by atoms with van der Waals surface area (Å²) < 4.78 is 0. The van der Waals surface area contributed by atoms with Crippen molar-refractivity contribution < 1.29 is 0 Å². The molecule has 0 bridgehead atoms. The maximum atomic E-state index is 5.99. The highest BCUT2D eigenvalue weighted by molar-refractivity contribution is 5.85. The van der Waals surface area contributed by atoms with E-state index in [0.29, 0.717) is 12.1 Å². The Balaban J connectivity index is 0.00000144. The molecular weight excluding hydrogens is 267 g/mol. The van der Waals surface area contributed by atoms with Crippen LogP contribution in [0.4, 0.5) is 5.69 Å². The lowest BCUT2D eigenvalue weighted by Gasteiger charge is -2.28. The van der Waals surface area contributed by atoms with E-state index < -0.39 is 0 Å². The van der Waals surface area contributed by atoms with Crippen molar-refractivity contribution in [2.45, 2.75) is 51.6 Å². The van der Waals surface area contributed by atoms with Crippen molar-refractivity contribution in [3.63, 3.8) is 0 Å². The Bertz CT molecular complexity index is 369. The van der Waals surface area contributed by atoms with Crippen molar-refractivity contribution in [1.82, 2.24) is 5.32 Å². The molecule has 0 aromatic heterocycles. The monoisotopic (exact) mass is 290 g/mol. The zero-order valence-corrected chi connectivity index (χ0v) is 12.7. The molecule has 0 radical (unpaired) electrons. The number of benzene rings is 1. The van der Waals surface area contributed by atoms with Gasteiger partial charge in [-0.15, -0.1) is 24.8 Å². The van der Waals surface area contributed by atoms with Gasteiger partial charge in [-0.3, -0.25) is 0 Å². The normalized spacial score (nSPS) is 19.1. The lowest BCUT2D eigenvalue weighted by Crippen LogP contribution is -2.40. The molecule has 2 nitrogen and oxygen atoms in total. The van der Waals surface area contributed by atoms with Crippen LogP contribution >= 0.6 is 24.8 Å². The molecule has 1 aromatic carbocycles. The highest BCUT2D eigenvalue weighted by Crippen LogP contribution is 2.26. The van der Waals surface area contributed by atoms with Crippen molar-refractivity contribution in [3.05, 3.63) is 29.3 Å². The first-order chi connectivity index (χ1) is 7.70. The molecule has 2 unspecified atom stereocenters. The summed E-state index contributed by atoms with van der Waals surface area (Å²) in [6.07, 6.45) is 4.66. The van der Waals surface area contributed by atoms with E-state index >= 15 is 0 Å². The third-order valence-corrected chi connectivity index (χ3v) is 3.65. The quantitative estimate of drug-likeness (QED) is 0.838. The fraction of sp³-hybridized carbons (Fsp3) is 0.571. The second kappa shape index (κ2) is 7.88. The maximum Gasteiger partial charge on any atom is 0.0349 e. The minimum Gasteiger partial charge on any atom is -0.398 e. The number of rotatable bonds is 3. The number of nitrogens with one attached hydrogen (secondary N) is 1. The van der Waals surface area contributed by atoms with Crippen LogP contribution in [-0.4, -0.2) is 12.1 Å². The minimum absolute atomic E-state index is 0. The van der Waals surface area contributed by atoms with Crippen molar-refractivity contribution in [2.75, 3.05) is 5.73 Å². The van der Waals surface area contributed by atoms with Gasteiger partial charge in [0.2, 0.25) is 0 Å². The fourth-order valence-electron chi connectivity index (χ4n) is 2.50. The Morgan fingerprint density at radius 2 is 2.11 bits per heavy atom. The molecule has 0 heterocycles. The van der Waals surface area contributed by atoms with Crippen LogP contribution in [0, 0.1) is 0 Å². The Hall–Kier alpha value is -0.440. The molecule has 0 saturated heterocycles. The molecular formula is C14H24Cl2N2. The molecule has 0 aliphatic heterocycles. The number of nitrogens with two attached hydrogens (primary N) is 1. The van der Waals surface area contributed by atoms with Gasteiger partial charge in [0.1, 0.15) is 0 Å². The molecule has 0 fully saturated rings. The standard InChI is InChI=1S/C14H22N2.2ClH/c1-3-10(2)16-12-7-8-13-11(9-12)5-4-6-14(13)15;;/h4-6,10,12,16H,3,7-9,15H2,1-2H3;2*1H. The van der Waals surface area contributed by atoms with Gasteiger partial charge in [0, 0.05) is 17.8 Å². The van der Waals surface area contributed by atoms with E-state index in [-0.39, 0.29) is 24.8 Å². The largest absolute Gasteiger partial charge is 0.398 e. The number of anilines is 1. The average Bonchev–Trinajstić information content (AvgIpc) is 2.29. The van der Waals surface area contributed by atoms with Gasteiger partial charge in [-0.2, -0.15) is 0 Å². The molecule has 4 heteroatoms. The van der Waals surface area contributed by atoms with Gasteiger partial charge in [0.25, 0.3) is 0 Å². The highest BCUT2D eigenvalue weighted by Gasteiger charge is 2.20. The number of fused-ring (bicyclic) bond motifs is 1. The summed E-state index contributed by atoms with van der Waals surface area (Å²) in [5, 5.41) is 3.69. The first-order valence-corrected chi connectivity index (χ1v) is 6.33. The summed E-state index contributed by atoms with van der Waals surface area (Å²) in [6, 6.07) is 7.55. The number of nitrogen functional groups attached to an aromatic ring is 1. The van der Waals surface area contributed by atoms with Crippen molar-refractivity contribution in [3.8, 4) is 0 Å². The fourth-order valence-corrected chi connectivity index (χ4v) is 2.50. The predicted octanol–water partition coefficient (Wildman–Crippen LogP) is 3.36. The van der Waals surface area contributed by atoms with Gasteiger partial charge in [-0.1, -0.05) is 19.1 Å². The van der Waals surface area contributed by atoms with Gasteiger partial charge in [-0.25, -0.2) is 0 Å². The zero-order chi connectivity index (χ0) is 11.5. The summed E-state index contributed by atoms with van der Waals surface area (Å²) in [6.45, 7) is 4.49. The van der Waals surface area contributed by atoms with E-state index in [1.165, 1.54) is 24.0 Å².